The second-order valence-electron chi connectivity index (χ2n) is 5.18. The lowest BCUT2D eigenvalue weighted by Gasteiger charge is -2.21. The largest absolute Gasteiger partial charge is 0.341 e. The van der Waals surface area contributed by atoms with Crippen molar-refractivity contribution in [2.45, 2.75) is 25.8 Å². The van der Waals surface area contributed by atoms with Gasteiger partial charge >= 0.3 is 0 Å². The third kappa shape index (κ3) is 2.09. The summed E-state index contributed by atoms with van der Waals surface area (Å²) in [7, 11) is 0. The van der Waals surface area contributed by atoms with E-state index in [1.807, 2.05) is 17.0 Å². The number of amides is 1. The molecule has 2 heterocycles. The van der Waals surface area contributed by atoms with Crippen molar-refractivity contribution in [1.82, 2.24) is 14.5 Å². The molecule has 3 rings (SSSR count). The molecule has 0 bridgehead atoms. The fourth-order valence-electron chi connectivity index (χ4n) is 2.68. The van der Waals surface area contributed by atoms with Gasteiger partial charge in [0.1, 0.15) is 6.04 Å². The normalized spacial score (nSPS) is 16.6. The van der Waals surface area contributed by atoms with Crippen molar-refractivity contribution in [2.75, 3.05) is 13.1 Å². The molecule has 104 valence electrons. The molecule has 1 saturated heterocycles. The maximum Gasteiger partial charge on any atom is 0.261 e. The minimum atomic E-state index is -0.502. The van der Waals surface area contributed by atoms with Crippen LogP contribution in [0.25, 0.3) is 10.9 Å². The Hall–Kier alpha value is -2.17. The summed E-state index contributed by atoms with van der Waals surface area (Å²) < 4.78 is 1.43. The maximum atomic E-state index is 12.4. The molecule has 0 aliphatic carbocycles. The number of carbonyl (C=O) groups is 1. The summed E-state index contributed by atoms with van der Waals surface area (Å²) in [6.07, 6.45) is 3.57. The van der Waals surface area contributed by atoms with Crippen LogP contribution in [-0.4, -0.2) is 33.4 Å². The number of nitrogens with zero attached hydrogens (tertiary/aromatic N) is 3. The van der Waals surface area contributed by atoms with Crippen molar-refractivity contribution in [3.8, 4) is 0 Å². The molecule has 1 aromatic heterocycles. The molecule has 1 aliphatic heterocycles. The van der Waals surface area contributed by atoms with Crippen molar-refractivity contribution in [3.63, 3.8) is 0 Å². The van der Waals surface area contributed by atoms with Gasteiger partial charge < -0.3 is 4.90 Å². The fraction of sp³-hybridized carbons (Fsp3) is 0.400. The second-order valence-corrected chi connectivity index (χ2v) is 5.18. The molecule has 1 atom stereocenters. The first-order chi connectivity index (χ1) is 9.68. The molecule has 0 saturated carbocycles. The summed E-state index contributed by atoms with van der Waals surface area (Å²) in [5, 5.41) is 0.552. The van der Waals surface area contributed by atoms with Gasteiger partial charge in [-0.15, -0.1) is 0 Å². The molecule has 0 radical (unpaired) electrons. The van der Waals surface area contributed by atoms with Crippen LogP contribution < -0.4 is 5.56 Å². The van der Waals surface area contributed by atoms with Crippen molar-refractivity contribution in [1.29, 1.82) is 0 Å². The summed E-state index contributed by atoms with van der Waals surface area (Å²) >= 11 is 0. The van der Waals surface area contributed by atoms with Gasteiger partial charge in [-0.05, 0) is 31.9 Å². The number of aromatic nitrogens is 2. The molecule has 1 amide bonds. The van der Waals surface area contributed by atoms with E-state index < -0.39 is 6.04 Å². The van der Waals surface area contributed by atoms with Gasteiger partial charge in [-0.1, -0.05) is 12.1 Å². The Morgan fingerprint density at radius 1 is 1.25 bits per heavy atom. The Kier molecular flexibility index (Phi) is 3.26. The SMILES string of the molecule is CC(C(=O)N1CCCC1)n1cnc2ccccc2c1=O. The van der Waals surface area contributed by atoms with Gasteiger partial charge in [0.2, 0.25) is 5.91 Å². The number of rotatable bonds is 2. The Bertz CT molecular complexity index is 702. The Morgan fingerprint density at radius 3 is 2.70 bits per heavy atom. The van der Waals surface area contributed by atoms with E-state index in [4.69, 9.17) is 0 Å². The molecular formula is C15H17N3O2. The Morgan fingerprint density at radius 2 is 1.95 bits per heavy atom. The van der Waals surface area contributed by atoms with E-state index in [0.717, 1.165) is 25.9 Å². The van der Waals surface area contributed by atoms with E-state index in [9.17, 15) is 9.59 Å². The van der Waals surface area contributed by atoms with Crippen LogP contribution in [-0.2, 0) is 4.79 Å². The quantitative estimate of drug-likeness (QED) is 0.833. The summed E-state index contributed by atoms with van der Waals surface area (Å²) in [4.78, 5) is 30.9. The zero-order valence-corrected chi connectivity index (χ0v) is 11.5. The molecule has 2 aromatic rings. The van der Waals surface area contributed by atoms with Gasteiger partial charge in [0.25, 0.3) is 5.56 Å². The first kappa shape index (κ1) is 12.8. The Labute approximate surface area is 116 Å². The number of hydrogen-bond acceptors (Lipinski definition) is 3. The average molecular weight is 271 g/mol. The van der Waals surface area contributed by atoms with E-state index in [2.05, 4.69) is 4.98 Å². The monoisotopic (exact) mass is 271 g/mol. The van der Waals surface area contributed by atoms with Gasteiger partial charge in [0, 0.05) is 13.1 Å². The van der Waals surface area contributed by atoms with Crippen LogP contribution in [0.4, 0.5) is 0 Å². The lowest BCUT2D eigenvalue weighted by atomic mass is 10.2. The molecule has 1 aliphatic rings. The maximum absolute atomic E-state index is 12.4. The van der Waals surface area contributed by atoms with Crippen LogP contribution in [0.2, 0.25) is 0 Å². The zero-order valence-electron chi connectivity index (χ0n) is 11.5. The van der Waals surface area contributed by atoms with E-state index in [1.54, 1.807) is 19.1 Å². The van der Waals surface area contributed by atoms with Crippen molar-refractivity contribution < 1.29 is 4.79 Å². The predicted molar refractivity (Wildman–Crippen MR) is 76.5 cm³/mol. The number of fused-ring (bicyclic) bond motifs is 1. The number of hydrogen-bond donors (Lipinski definition) is 0. The number of para-hydroxylation sites is 1. The molecular weight excluding hydrogens is 254 g/mol. The summed E-state index contributed by atoms with van der Waals surface area (Å²) in [5.74, 6) is 0.00156. The minimum absolute atomic E-state index is 0.00156. The molecule has 0 N–H and O–H groups in total. The third-order valence-corrected chi connectivity index (χ3v) is 3.88. The Balaban J connectivity index is 1.99. The molecule has 0 spiro atoms. The number of benzene rings is 1. The smallest absolute Gasteiger partial charge is 0.261 e. The summed E-state index contributed by atoms with van der Waals surface area (Å²) in [5.41, 5.74) is 0.505. The van der Waals surface area contributed by atoms with Crippen LogP contribution in [0.1, 0.15) is 25.8 Å². The van der Waals surface area contributed by atoms with E-state index in [-0.39, 0.29) is 11.5 Å². The van der Waals surface area contributed by atoms with Crippen molar-refractivity contribution in [3.05, 3.63) is 40.9 Å². The third-order valence-electron chi connectivity index (χ3n) is 3.88. The molecule has 5 nitrogen and oxygen atoms in total. The second kappa shape index (κ2) is 5.07. The lowest BCUT2D eigenvalue weighted by Crippen LogP contribution is -2.37. The van der Waals surface area contributed by atoms with Gasteiger partial charge in [0.15, 0.2) is 0 Å². The fourth-order valence-corrected chi connectivity index (χ4v) is 2.68. The van der Waals surface area contributed by atoms with E-state index in [0.29, 0.717) is 10.9 Å². The standard InChI is InChI=1S/C15H17N3O2/c1-11(14(19)17-8-4-5-9-17)18-10-16-13-7-3-2-6-12(13)15(18)20/h2-3,6-7,10-11H,4-5,8-9H2,1H3. The van der Waals surface area contributed by atoms with Gasteiger partial charge in [-0.2, -0.15) is 0 Å². The molecule has 1 unspecified atom stereocenters. The first-order valence-corrected chi connectivity index (χ1v) is 6.93. The summed E-state index contributed by atoms with van der Waals surface area (Å²) in [6.45, 7) is 3.34. The number of likely N-dealkylation sites (tertiary alicyclic amines) is 1. The number of carbonyl (C=O) groups excluding carboxylic acids is 1. The van der Waals surface area contributed by atoms with Crippen LogP contribution in [0.5, 0.6) is 0 Å². The molecule has 20 heavy (non-hydrogen) atoms. The van der Waals surface area contributed by atoms with E-state index >= 15 is 0 Å². The van der Waals surface area contributed by atoms with E-state index in [1.165, 1.54) is 10.9 Å². The highest BCUT2D eigenvalue weighted by molar-refractivity contribution is 5.81. The van der Waals surface area contributed by atoms with Gasteiger partial charge in [0.05, 0.1) is 17.2 Å². The zero-order chi connectivity index (χ0) is 14.1. The predicted octanol–water partition coefficient (Wildman–Crippen LogP) is 1.58. The highest BCUT2D eigenvalue weighted by Gasteiger charge is 2.25. The van der Waals surface area contributed by atoms with Crippen LogP contribution in [0.15, 0.2) is 35.4 Å². The van der Waals surface area contributed by atoms with Crippen LogP contribution in [0.3, 0.4) is 0 Å². The molecule has 1 aromatic carbocycles. The van der Waals surface area contributed by atoms with Crippen molar-refractivity contribution >= 4 is 16.8 Å². The average Bonchev–Trinajstić information content (AvgIpc) is 3.01. The van der Waals surface area contributed by atoms with Crippen LogP contribution in [0, 0.1) is 0 Å². The van der Waals surface area contributed by atoms with Gasteiger partial charge in [-0.25, -0.2) is 4.98 Å². The molecule has 1 fully saturated rings. The van der Waals surface area contributed by atoms with Crippen molar-refractivity contribution in [2.24, 2.45) is 0 Å². The highest BCUT2D eigenvalue weighted by atomic mass is 16.2. The minimum Gasteiger partial charge on any atom is -0.341 e. The van der Waals surface area contributed by atoms with Gasteiger partial charge in [-0.3, -0.25) is 14.2 Å². The first-order valence-electron chi connectivity index (χ1n) is 6.93. The van der Waals surface area contributed by atoms with Crippen LogP contribution >= 0.6 is 0 Å². The highest BCUT2D eigenvalue weighted by Crippen LogP contribution is 2.15. The topological polar surface area (TPSA) is 55.2 Å². The molecule has 5 heteroatoms. The lowest BCUT2D eigenvalue weighted by molar-refractivity contribution is -0.133. The summed E-state index contributed by atoms with van der Waals surface area (Å²) in [6, 6.07) is 6.70.